The van der Waals surface area contributed by atoms with Gasteiger partial charge in [-0.2, -0.15) is 0 Å². The van der Waals surface area contributed by atoms with E-state index in [1.54, 1.807) is 30.3 Å². The number of thiophene rings is 1. The zero-order valence-electron chi connectivity index (χ0n) is 18.3. The second kappa shape index (κ2) is 9.00. The van der Waals surface area contributed by atoms with E-state index in [0.717, 1.165) is 22.1 Å². The molecule has 0 bridgehead atoms. The fourth-order valence-electron chi connectivity index (χ4n) is 3.73. The van der Waals surface area contributed by atoms with E-state index in [-0.39, 0.29) is 10.8 Å². The van der Waals surface area contributed by atoms with E-state index >= 15 is 0 Å². The predicted molar refractivity (Wildman–Crippen MR) is 134 cm³/mol. The summed E-state index contributed by atoms with van der Waals surface area (Å²) in [7, 11) is -3.83. The van der Waals surface area contributed by atoms with E-state index in [9.17, 15) is 13.2 Å². The summed E-state index contributed by atoms with van der Waals surface area (Å²) in [5.41, 5.74) is 1.89. The summed E-state index contributed by atoms with van der Waals surface area (Å²) in [6, 6.07) is 19.0. The second-order valence-electron chi connectivity index (χ2n) is 7.85. The number of anilines is 2. The molecule has 34 heavy (non-hydrogen) atoms. The lowest BCUT2D eigenvalue weighted by molar-refractivity contribution is 0.103. The number of benzene rings is 3. The number of sulfonamides is 1. The van der Waals surface area contributed by atoms with Crippen LogP contribution in [0.25, 0.3) is 10.1 Å². The third-order valence-corrected chi connectivity index (χ3v) is 8.12. The maximum atomic E-state index is 12.9. The Bertz CT molecular complexity index is 1480. The Kier molecular flexibility index (Phi) is 5.89. The number of rotatable bonds is 5. The van der Waals surface area contributed by atoms with Crippen LogP contribution in [0.2, 0.25) is 0 Å². The summed E-state index contributed by atoms with van der Waals surface area (Å²) in [6.45, 7) is 2.94. The molecule has 7 nitrogen and oxygen atoms in total. The zero-order chi connectivity index (χ0) is 23.7. The van der Waals surface area contributed by atoms with Crippen LogP contribution in [0.15, 0.2) is 71.6 Å². The fraction of sp³-hybridized carbons (Fsp3) is 0.160. The minimum absolute atomic E-state index is 0.0781. The number of amides is 1. The molecule has 4 aromatic rings. The molecule has 5 rings (SSSR count). The number of carbonyl (C=O) groups is 1. The van der Waals surface area contributed by atoms with Gasteiger partial charge in [0.05, 0.1) is 23.0 Å². The van der Waals surface area contributed by atoms with Crippen molar-refractivity contribution in [3.05, 3.63) is 77.2 Å². The van der Waals surface area contributed by atoms with E-state index in [4.69, 9.17) is 9.47 Å². The minimum atomic E-state index is -3.83. The van der Waals surface area contributed by atoms with Crippen molar-refractivity contribution in [3.63, 3.8) is 0 Å². The predicted octanol–water partition coefficient (Wildman–Crippen LogP) is 5.42. The molecule has 3 aromatic carbocycles. The summed E-state index contributed by atoms with van der Waals surface area (Å²) < 4.78 is 40.5. The fourth-order valence-corrected chi connectivity index (χ4v) is 5.90. The van der Waals surface area contributed by atoms with Gasteiger partial charge in [-0.25, -0.2) is 8.42 Å². The van der Waals surface area contributed by atoms with Crippen molar-refractivity contribution < 1.29 is 22.7 Å². The molecule has 0 saturated heterocycles. The average molecular weight is 495 g/mol. The van der Waals surface area contributed by atoms with Crippen molar-refractivity contribution in [1.82, 2.24) is 0 Å². The maximum absolute atomic E-state index is 12.9. The standard InChI is InChI=1S/C25H22N2O5S2/c1-16-20-5-2-3-6-23(20)33-24(16)25(28)26-17-7-9-18(10-8-17)27-34(29,30)19-11-12-21-22(15-19)32-14-4-13-31-21/h2-3,5-12,15,27H,4,13-14H2,1H3,(H,26,28). The summed E-state index contributed by atoms with van der Waals surface area (Å²) in [6.07, 6.45) is 0.736. The molecule has 2 heterocycles. The summed E-state index contributed by atoms with van der Waals surface area (Å²) in [5.74, 6) is 0.750. The molecule has 1 amide bonds. The number of hydrogen-bond acceptors (Lipinski definition) is 6. The first-order chi connectivity index (χ1) is 16.4. The van der Waals surface area contributed by atoms with Crippen LogP contribution in [0, 0.1) is 6.92 Å². The molecule has 1 aliphatic heterocycles. The molecule has 1 aromatic heterocycles. The highest BCUT2D eigenvalue weighted by Gasteiger charge is 2.19. The molecule has 0 spiro atoms. The topological polar surface area (TPSA) is 93.7 Å². The monoisotopic (exact) mass is 494 g/mol. The summed E-state index contributed by atoms with van der Waals surface area (Å²) in [5, 5.41) is 3.95. The number of aryl methyl sites for hydroxylation is 1. The first-order valence-corrected chi connectivity index (χ1v) is 13.0. The van der Waals surface area contributed by atoms with Gasteiger partial charge in [-0.3, -0.25) is 9.52 Å². The van der Waals surface area contributed by atoms with Crippen molar-refractivity contribution in [2.45, 2.75) is 18.2 Å². The number of fused-ring (bicyclic) bond motifs is 2. The van der Waals surface area contributed by atoms with Crippen LogP contribution in [0.4, 0.5) is 11.4 Å². The van der Waals surface area contributed by atoms with Gasteiger partial charge in [0.1, 0.15) is 0 Å². The van der Waals surface area contributed by atoms with Gasteiger partial charge in [0.15, 0.2) is 11.5 Å². The van der Waals surface area contributed by atoms with E-state index in [1.165, 1.54) is 23.5 Å². The van der Waals surface area contributed by atoms with Gasteiger partial charge < -0.3 is 14.8 Å². The molecule has 1 aliphatic rings. The Morgan fingerprint density at radius 2 is 1.62 bits per heavy atom. The minimum Gasteiger partial charge on any atom is -0.490 e. The molecule has 0 unspecified atom stereocenters. The highest BCUT2D eigenvalue weighted by molar-refractivity contribution is 7.92. The Morgan fingerprint density at radius 1 is 0.912 bits per heavy atom. The summed E-state index contributed by atoms with van der Waals surface area (Å²) >= 11 is 1.45. The van der Waals surface area contributed by atoms with Gasteiger partial charge in [-0.1, -0.05) is 18.2 Å². The number of nitrogens with one attached hydrogen (secondary N) is 2. The van der Waals surface area contributed by atoms with Crippen LogP contribution >= 0.6 is 11.3 Å². The van der Waals surface area contributed by atoms with Crippen LogP contribution in [0.1, 0.15) is 21.7 Å². The normalized spacial score (nSPS) is 13.3. The average Bonchev–Trinajstić information content (AvgIpc) is 3.00. The lowest BCUT2D eigenvalue weighted by Crippen LogP contribution is -2.14. The lowest BCUT2D eigenvalue weighted by Gasteiger charge is -2.12. The van der Waals surface area contributed by atoms with Crippen LogP contribution in [0.3, 0.4) is 0 Å². The third kappa shape index (κ3) is 4.44. The lowest BCUT2D eigenvalue weighted by atomic mass is 10.1. The zero-order valence-corrected chi connectivity index (χ0v) is 20.0. The van der Waals surface area contributed by atoms with E-state index in [0.29, 0.717) is 41.0 Å². The molecule has 174 valence electrons. The second-order valence-corrected chi connectivity index (χ2v) is 10.6. The Labute approximate surface area is 201 Å². The molecular formula is C25H22N2O5S2. The molecule has 2 N–H and O–H groups in total. The van der Waals surface area contributed by atoms with Gasteiger partial charge in [0, 0.05) is 28.6 Å². The third-order valence-electron chi connectivity index (χ3n) is 5.47. The number of ether oxygens (including phenoxy) is 2. The van der Waals surface area contributed by atoms with Gasteiger partial charge >= 0.3 is 0 Å². The maximum Gasteiger partial charge on any atom is 0.266 e. The molecular weight excluding hydrogens is 472 g/mol. The molecule has 0 radical (unpaired) electrons. The number of hydrogen-bond donors (Lipinski definition) is 2. The Balaban J connectivity index is 1.30. The molecule has 0 aliphatic carbocycles. The number of carbonyl (C=O) groups excluding carboxylic acids is 1. The van der Waals surface area contributed by atoms with Crippen LogP contribution in [-0.4, -0.2) is 27.5 Å². The van der Waals surface area contributed by atoms with Crippen LogP contribution < -0.4 is 19.5 Å². The first kappa shape index (κ1) is 22.2. The molecule has 0 atom stereocenters. The van der Waals surface area contributed by atoms with Crippen molar-refractivity contribution in [1.29, 1.82) is 0 Å². The van der Waals surface area contributed by atoms with E-state index in [1.807, 2.05) is 31.2 Å². The molecule has 9 heteroatoms. The molecule has 0 saturated carbocycles. The first-order valence-electron chi connectivity index (χ1n) is 10.7. The SMILES string of the molecule is Cc1c(C(=O)Nc2ccc(NS(=O)(=O)c3ccc4c(c3)OCCCO4)cc2)sc2ccccc12. The molecule has 0 fully saturated rings. The van der Waals surface area contributed by atoms with Crippen molar-refractivity contribution in [3.8, 4) is 11.5 Å². The summed E-state index contributed by atoms with van der Waals surface area (Å²) in [4.78, 5) is 13.5. The van der Waals surface area contributed by atoms with Gasteiger partial charge in [-0.15, -0.1) is 11.3 Å². The van der Waals surface area contributed by atoms with Crippen LogP contribution in [0.5, 0.6) is 11.5 Å². The van der Waals surface area contributed by atoms with Crippen molar-refractivity contribution in [2.75, 3.05) is 23.3 Å². The van der Waals surface area contributed by atoms with E-state index < -0.39 is 10.0 Å². The Morgan fingerprint density at radius 3 is 2.38 bits per heavy atom. The smallest absolute Gasteiger partial charge is 0.266 e. The van der Waals surface area contributed by atoms with Crippen molar-refractivity contribution in [2.24, 2.45) is 0 Å². The van der Waals surface area contributed by atoms with Crippen molar-refractivity contribution >= 4 is 48.7 Å². The quantitative estimate of drug-likeness (QED) is 0.386. The van der Waals surface area contributed by atoms with Gasteiger partial charge in [-0.05, 0) is 60.3 Å². The van der Waals surface area contributed by atoms with Gasteiger partial charge in [0.2, 0.25) is 0 Å². The van der Waals surface area contributed by atoms with Crippen LogP contribution in [-0.2, 0) is 10.0 Å². The van der Waals surface area contributed by atoms with E-state index in [2.05, 4.69) is 10.0 Å². The highest BCUT2D eigenvalue weighted by Crippen LogP contribution is 2.33. The van der Waals surface area contributed by atoms with Gasteiger partial charge in [0.25, 0.3) is 15.9 Å². The largest absolute Gasteiger partial charge is 0.490 e. The highest BCUT2D eigenvalue weighted by atomic mass is 32.2. The Hall–Kier alpha value is -3.56.